The van der Waals surface area contributed by atoms with Crippen molar-refractivity contribution in [3.8, 4) is 0 Å². The van der Waals surface area contributed by atoms with Crippen molar-refractivity contribution in [1.29, 1.82) is 0 Å². The van der Waals surface area contributed by atoms with Crippen LogP contribution in [0.2, 0.25) is 0 Å². The number of aliphatic imine (C=N–C) groups is 1. The van der Waals surface area contributed by atoms with Gasteiger partial charge in [0.05, 0.1) is 0 Å². The van der Waals surface area contributed by atoms with Crippen LogP contribution in [-0.2, 0) is 0 Å². The molecule has 1 rings (SSSR count). The molecular weight excluding hydrogens is 158 g/mol. The molecule has 0 unspecified atom stereocenters. The lowest BCUT2D eigenvalue weighted by atomic mass is 10.0. The molecule has 0 fully saturated rings. The van der Waals surface area contributed by atoms with Gasteiger partial charge < -0.3 is 0 Å². The number of nitrogens with zero attached hydrogens (tertiary/aromatic N) is 1. The van der Waals surface area contributed by atoms with E-state index in [1.807, 2.05) is 26.1 Å². The number of hydrogen-bond acceptors (Lipinski definition) is 1. The minimum Gasteiger partial charge on any atom is -0.265 e. The van der Waals surface area contributed by atoms with Gasteiger partial charge >= 0.3 is 0 Å². The number of hydrogen-bond donors (Lipinski definition) is 0. The van der Waals surface area contributed by atoms with Crippen molar-refractivity contribution >= 4 is 5.71 Å². The van der Waals surface area contributed by atoms with E-state index in [-0.39, 0.29) is 0 Å². The molecule has 0 aliphatic carbocycles. The first kappa shape index (κ1) is 12.2. The van der Waals surface area contributed by atoms with Gasteiger partial charge in [0.25, 0.3) is 0 Å². The first-order valence-electron chi connectivity index (χ1n) is 5.09. The van der Waals surface area contributed by atoms with E-state index in [0.717, 1.165) is 6.42 Å². The summed E-state index contributed by atoms with van der Waals surface area (Å²) in [5.41, 5.74) is 2.68. The Balaban J connectivity index is 0.000000671. The van der Waals surface area contributed by atoms with Crippen LogP contribution in [0.3, 0.4) is 0 Å². The Labute approximate surface area is 82.3 Å². The van der Waals surface area contributed by atoms with E-state index in [2.05, 4.69) is 31.8 Å². The molecule has 0 spiro atoms. The highest BCUT2D eigenvalue weighted by Gasteiger charge is 2.05. The smallest absolute Gasteiger partial charge is 0.0267 e. The highest BCUT2D eigenvalue weighted by Crippen LogP contribution is 2.12. The van der Waals surface area contributed by atoms with Gasteiger partial charge in [-0.25, -0.2) is 0 Å². The van der Waals surface area contributed by atoms with Crippen LogP contribution in [0.1, 0.15) is 41.0 Å². The van der Waals surface area contributed by atoms with Gasteiger partial charge in [0.15, 0.2) is 0 Å². The summed E-state index contributed by atoms with van der Waals surface area (Å²) in [6.07, 6.45) is 7.04. The van der Waals surface area contributed by atoms with Crippen molar-refractivity contribution in [1.82, 2.24) is 0 Å². The Morgan fingerprint density at radius 1 is 1.31 bits per heavy atom. The molecule has 74 valence electrons. The van der Waals surface area contributed by atoms with Crippen molar-refractivity contribution in [3.63, 3.8) is 0 Å². The molecule has 1 nitrogen and oxygen atoms in total. The zero-order valence-corrected chi connectivity index (χ0v) is 9.46. The molecule has 0 bridgehead atoms. The second-order valence-electron chi connectivity index (χ2n) is 3.31. The molecule has 0 aromatic rings. The van der Waals surface area contributed by atoms with Crippen LogP contribution in [0, 0.1) is 5.92 Å². The topological polar surface area (TPSA) is 12.4 Å². The van der Waals surface area contributed by atoms with Crippen LogP contribution in [0.4, 0.5) is 0 Å². The third-order valence-corrected chi connectivity index (χ3v) is 1.83. The summed E-state index contributed by atoms with van der Waals surface area (Å²) in [6.45, 7) is 10.5. The normalized spacial score (nSPS) is 15.5. The second-order valence-corrected chi connectivity index (χ2v) is 3.31. The van der Waals surface area contributed by atoms with E-state index in [9.17, 15) is 0 Å². The highest BCUT2D eigenvalue weighted by atomic mass is 14.7. The molecule has 0 radical (unpaired) electrons. The zero-order chi connectivity index (χ0) is 10.3. The average molecular weight is 179 g/mol. The largest absolute Gasteiger partial charge is 0.265 e. The Morgan fingerprint density at radius 2 is 1.92 bits per heavy atom. The van der Waals surface area contributed by atoms with Gasteiger partial charge in [0.1, 0.15) is 0 Å². The second kappa shape index (κ2) is 6.64. The first-order chi connectivity index (χ1) is 6.20. The Morgan fingerprint density at radius 3 is 2.46 bits per heavy atom. The van der Waals surface area contributed by atoms with Crippen molar-refractivity contribution in [2.45, 2.75) is 41.0 Å². The van der Waals surface area contributed by atoms with Gasteiger partial charge in [0.2, 0.25) is 0 Å². The minimum atomic E-state index is 0.570. The number of allylic oxidation sites excluding steroid dienone is 3. The third-order valence-electron chi connectivity index (χ3n) is 1.83. The van der Waals surface area contributed by atoms with Crippen LogP contribution in [0.5, 0.6) is 0 Å². The fraction of sp³-hybridized carbons (Fsp3) is 0.583. The highest BCUT2D eigenvalue weighted by molar-refractivity contribution is 5.89. The molecule has 1 aliphatic rings. The monoisotopic (exact) mass is 179 g/mol. The van der Waals surface area contributed by atoms with Crippen molar-refractivity contribution in [2.75, 3.05) is 0 Å². The standard InChI is InChI=1S/C10H15N.C2H6/c1-8(2)10-7-9(3)5-4-6-11-10;1-2/h4-6,8H,7H2,1-3H3;1-2H3. The molecule has 0 atom stereocenters. The summed E-state index contributed by atoms with van der Waals surface area (Å²) in [7, 11) is 0. The van der Waals surface area contributed by atoms with Gasteiger partial charge in [-0.3, -0.25) is 4.99 Å². The van der Waals surface area contributed by atoms with Crippen LogP contribution < -0.4 is 0 Å². The Kier molecular flexibility index (Phi) is 6.21. The van der Waals surface area contributed by atoms with Crippen LogP contribution >= 0.6 is 0 Å². The summed E-state index contributed by atoms with van der Waals surface area (Å²) >= 11 is 0. The van der Waals surface area contributed by atoms with Crippen LogP contribution in [0.15, 0.2) is 28.9 Å². The maximum absolute atomic E-state index is 4.36. The van der Waals surface area contributed by atoms with E-state index < -0.39 is 0 Å². The van der Waals surface area contributed by atoms with Crippen LogP contribution in [0.25, 0.3) is 0 Å². The maximum Gasteiger partial charge on any atom is 0.0267 e. The molecule has 1 heterocycles. The molecule has 1 aliphatic heterocycles. The SMILES string of the molecule is CC.CC1=CC=CN=C(C(C)C)C1. The minimum absolute atomic E-state index is 0.570. The van der Waals surface area contributed by atoms with E-state index in [4.69, 9.17) is 0 Å². The van der Waals surface area contributed by atoms with Gasteiger partial charge in [-0.15, -0.1) is 0 Å². The predicted octanol–water partition coefficient (Wildman–Crippen LogP) is 3.97. The van der Waals surface area contributed by atoms with Gasteiger partial charge in [-0.05, 0) is 18.9 Å². The molecule has 0 saturated heterocycles. The Bertz CT molecular complexity index is 219. The first-order valence-corrected chi connectivity index (χ1v) is 5.09. The quantitative estimate of drug-likeness (QED) is 0.577. The lowest BCUT2D eigenvalue weighted by Crippen LogP contribution is -2.06. The lowest BCUT2D eigenvalue weighted by Gasteiger charge is -2.07. The fourth-order valence-corrected chi connectivity index (χ4v) is 1.09. The van der Waals surface area contributed by atoms with Crippen molar-refractivity contribution in [2.24, 2.45) is 10.9 Å². The lowest BCUT2D eigenvalue weighted by molar-refractivity contribution is 0.861. The van der Waals surface area contributed by atoms with E-state index >= 15 is 0 Å². The maximum atomic E-state index is 4.36. The summed E-state index contributed by atoms with van der Waals surface area (Å²) in [6, 6.07) is 0. The van der Waals surface area contributed by atoms with Gasteiger partial charge in [-0.1, -0.05) is 39.3 Å². The van der Waals surface area contributed by atoms with Crippen molar-refractivity contribution in [3.05, 3.63) is 23.9 Å². The van der Waals surface area contributed by atoms with E-state index in [0.29, 0.717) is 5.92 Å². The molecule has 0 aromatic heterocycles. The summed E-state index contributed by atoms with van der Waals surface area (Å²) in [4.78, 5) is 4.36. The molecule has 13 heavy (non-hydrogen) atoms. The fourth-order valence-electron chi connectivity index (χ4n) is 1.09. The average Bonchev–Trinajstić information content (AvgIpc) is 2.33. The molecular formula is C12H21N. The molecule has 0 N–H and O–H groups in total. The zero-order valence-electron chi connectivity index (χ0n) is 9.46. The molecule has 0 amide bonds. The van der Waals surface area contributed by atoms with Gasteiger partial charge in [-0.2, -0.15) is 0 Å². The molecule has 1 heteroatoms. The van der Waals surface area contributed by atoms with Crippen molar-refractivity contribution < 1.29 is 0 Å². The van der Waals surface area contributed by atoms with Gasteiger partial charge in [0, 0.05) is 18.3 Å². The van der Waals surface area contributed by atoms with E-state index in [1.54, 1.807) is 0 Å². The summed E-state index contributed by atoms with van der Waals surface area (Å²) < 4.78 is 0. The van der Waals surface area contributed by atoms with E-state index in [1.165, 1.54) is 11.3 Å². The summed E-state index contributed by atoms with van der Waals surface area (Å²) in [5.74, 6) is 0.570. The Hall–Kier alpha value is -0.850. The predicted molar refractivity (Wildman–Crippen MR) is 61.1 cm³/mol. The third kappa shape index (κ3) is 4.66. The summed E-state index contributed by atoms with van der Waals surface area (Å²) in [5, 5.41) is 0. The number of rotatable bonds is 1. The molecule has 0 aromatic carbocycles. The molecule has 0 saturated carbocycles. The van der Waals surface area contributed by atoms with Crippen LogP contribution in [-0.4, -0.2) is 5.71 Å².